The van der Waals surface area contributed by atoms with Crippen LogP contribution < -0.4 is 0 Å². The van der Waals surface area contributed by atoms with E-state index in [0.717, 1.165) is 0 Å². The molecular formula is C19H32O4. The highest BCUT2D eigenvalue weighted by atomic mass is 16.5. The van der Waals surface area contributed by atoms with E-state index in [1.54, 1.807) is 0 Å². The molecule has 2 aliphatic carbocycles. The maximum absolute atomic E-state index is 11.8. The minimum absolute atomic E-state index is 0.0169. The second kappa shape index (κ2) is 9.94. The van der Waals surface area contributed by atoms with Crippen molar-refractivity contribution in [3.63, 3.8) is 0 Å². The summed E-state index contributed by atoms with van der Waals surface area (Å²) in [5, 5.41) is 0. The van der Waals surface area contributed by atoms with Gasteiger partial charge in [0, 0.05) is 12.8 Å². The zero-order chi connectivity index (χ0) is 16.5. The minimum Gasteiger partial charge on any atom is -0.465 e. The molecule has 0 bridgehead atoms. The predicted molar refractivity (Wildman–Crippen MR) is 88.9 cm³/mol. The molecule has 23 heavy (non-hydrogen) atoms. The Morgan fingerprint density at radius 1 is 0.913 bits per heavy atom. The molecule has 132 valence electrons. The third-order valence-electron chi connectivity index (χ3n) is 5.35. The maximum Gasteiger partial charge on any atom is 0.306 e. The van der Waals surface area contributed by atoms with Crippen LogP contribution >= 0.6 is 0 Å². The first-order valence-electron chi connectivity index (χ1n) is 9.50. The van der Waals surface area contributed by atoms with Crippen LogP contribution in [0, 0.1) is 11.8 Å². The first kappa shape index (κ1) is 18.3. The van der Waals surface area contributed by atoms with Crippen molar-refractivity contribution in [2.24, 2.45) is 11.8 Å². The van der Waals surface area contributed by atoms with Crippen LogP contribution in [0.25, 0.3) is 0 Å². The summed E-state index contributed by atoms with van der Waals surface area (Å²) in [5.41, 5.74) is 0. The number of esters is 2. The van der Waals surface area contributed by atoms with Gasteiger partial charge in [0.2, 0.25) is 0 Å². The SMILES string of the molecule is CC(OC(=O)CCCC(=O)OCC1CCCCC1)C1CCCC1. The molecule has 0 aliphatic heterocycles. The van der Waals surface area contributed by atoms with E-state index in [9.17, 15) is 9.59 Å². The zero-order valence-electron chi connectivity index (χ0n) is 14.6. The van der Waals surface area contributed by atoms with Crippen molar-refractivity contribution >= 4 is 11.9 Å². The highest BCUT2D eigenvalue weighted by molar-refractivity contribution is 5.72. The fourth-order valence-electron chi connectivity index (χ4n) is 3.80. The Morgan fingerprint density at radius 3 is 2.22 bits per heavy atom. The van der Waals surface area contributed by atoms with Crippen molar-refractivity contribution < 1.29 is 19.1 Å². The predicted octanol–water partition coefficient (Wildman–Crippen LogP) is 4.40. The first-order chi connectivity index (χ1) is 11.1. The Kier molecular flexibility index (Phi) is 7.90. The topological polar surface area (TPSA) is 52.6 Å². The zero-order valence-corrected chi connectivity index (χ0v) is 14.6. The van der Waals surface area contributed by atoms with Gasteiger partial charge in [0.25, 0.3) is 0 Å². The van der Waals surface area contributed by atoms with E-state index >= 15 is 0 Å². The largest absolute Gasteiger partial charge is 0.465 e. The molecule has 0 aromatic carbocycles. The normalized spacial score (nSPS) is 21.1. The molecule has 2 fully saturated rings. The average molecular weight is 324 g/mol. The highest BCUT2D eigenvalue weighted by Crippen LogP contribution is 2.29. The van der Waals surface area contributed by atoms with Gasteiger partial charge in [-0.25, -0.2) is 0 Å². The van der Waals surface area contributed by atoms with Crippen molar-refractivity contribution in [3.8, 4) is 0 Å². The van der Waals surface area contributed by atoms with Crippen LogP contribution in [0.3, 0.4) is 0 Å². The van der Waals surface area contributed by atoms with E-state index in [1.165, 1.54) is 57.8 Å². The van der Waals surface area contributed by atoms with Gasteiger partial charge in [0.15, 0.2) is 0 Å². The quantitative estimate of drug-likeness (QED) is 0.621. The summed E-state index contributed by atoms with van der Waals surface area (Å²) < 4.78 is 10.8. The van der Waals surface area contributed by atoms with E-state index in [4.69, 9.17) is 9.47 Å². The van der Waals surface area contributed by atoms with Crippen LogP contribution in [0.4, 0.5) is 0 Å². The molecule has 0 amide bonds. The van der Waals surface area contributed by atoms with Gasteiger partial charge in [-0.3, -0.25) is 9.59 Å². The first-order valence-corrected chi connectivity index (χ1v) is 9.50. The fourth-order valence-corrected chi connectivity index (χ4v) is 3.80. The molecule has 0 radical (unpaired) electrons. The maximum atomic E-state index is 11.8. The number of carbonyl (C=O) groups excluding carboxylic acids is 2. The molecule has 0 N–H and O–H groups in total. The Labute approximate surface area is 140 Å². The molecule has 0 saturated heterocycles. The molecular weight excluding hydrogens is 292 g/mol. The summed E-state index contributed by atoms with van der Waals surface area (Å²) in [5.74, 6) is 0.723. The van der Waals surface area contributed by atoms with Crippen LogP contribution in [-0.4, -0.2) is 24.6 Å². The molecule has 2 saturated carbocycles. The van der Waals surface area contributed by atoms with Crippen LogP contribution in [0.2, 0.25) is 0 Å². The van der Waals surface area contributed by atoms with Gasteiger partial charge < -0.3 is 9.47 Å². The van der Waals surface area contributed by atoms with Crippen molar-refractivity contribution in [2.75, 3.05) is 6.61 Å². The summed E-state index contributed by atoms with van der Waals surface area (Å²) >= 11 is 0. The van der Waals surface area contributed by atoms with Crippen molar-refractivity contribution in [1.29, 1.82) is 0 Å². The van der Waals surface area contributed by atoms with Crippen LogP contribution in [0.1, 0.15) is 84.0 Å². The van der Waals surface area contributed by atoms with Crippen LogP contribution in [0.5, 0.6) is 0 Å². The van der Waals surface area contributed by atoms with E-state index in [2.05, 4.69) is 0 Å². The molecule has 4 nitrogen and oxygen atoms in total. The van der Waals surface area contributed by atoms with Gasteiger partial charge in [-0.05, 0) is 50.9 Å². The number of hydrogen-bond donors (Lipinski definition) is 0. The highest BCUT2D eigenvalue weighted by Gasteiger charge is 2.24. The van der Waals surface area contributed by atoms with Crippen molar-refractivity contribution in [2.45, 2.75) is 90.1 Å². The Hall–Kier alpha value is -1.06. The molecule has 0 spiro atoms. The van der Waals surface area contributed by atoms with E-state index < -0.39 is 0 Å². The lowest BCUT2D eigenvalue weighted by molar-refractivity contribution is -0.151. The lowest BCUT2D eigenvalue weighted by Gasteiger charge is -2.21. The van der Waals surface area contributed by atoms with Gasteiger partial charge in [0.1, 0.15) is 6.10 Å². The lowest BCUT2D eigenvalue weighted by Crippen LogP contribution is -2.22. The van der Waals surface area contributed by atoms with Crippen molar-refractivity contribution in [3.05, 3.63) is 0 Å². The summed E-state index contributed by atoms with van der Waals surface area (Å²) in [6.45, 7) is 2.55. The van der Waals surface area contributed by atoms with E-state index in [0.29, 0.717) is 37.7 Å². The molecule has 0 aromatic rings. The van der Waals surface area contributed by atoms with Crippen LogP contribution in [0.15, 0.2) is 0 Å². The second-order valence-electron chi connectivity index (χ2n) is 7.28. The molecule has 4 heteroatoms. The molecule has 1 atom stereocenters. The summed E-state index contributed by atoms with van der Waals surface area (Å²) in [6, 6.07) is 0. The van der Waals surface area contributed by atoms with Gasteiger partial charge >= 0.3 is 11.9 Å². The molecule has 2 rings (SSSR count). The summed E-state index contributed by atoms with van der Waals surface area (Å²) in [6.07, 6.45) is 12.2. The number of rotatable bonds is 8. The van der Waals surface area contributed by atoms with Gasteiger partial charge in [-0.2, -0.15) is 0 Å². The van der Waals surface area contributed by atoms with Gasteiger partial charge in [0.05, 0.1) is 6.61 Å². The fraction of sp³-hybridized carbons (Fsp3) is 0.895. The number of ether oxygens (including phenoxy) is 2. The molecule has 1 unspecified atom stereocenters. The molecule has 0 aromatic heterocycles. The summed E-state index contributed by atoms with van der Waals surface area (Å²) in [7, 11) is 0. The lowest BCUT2D eigenvalue weighted by atomic mass is 9.90. The number of hydrogen-bond acceptors (Lipinski definition) is 4. The van der Waals surface area contributed by atoms with Gasteiger partial charge in [-0.15, -0.1) is 0 Å². The minimum atomic E-state index is -0.176. The van der Waals surface area contributed by atoms with E-state index in [1.807, 2.05) is 6.92 Å². The monoisotopic (exact) mass is 324 g/mol. The molecule has 0 heterocycles. The molecule has 2 aliphatic rings. The Morgan fingerprint density at radius 2 is 1.52 bits per heavy atom. The third kappa shape index (κ3) is 6.92. The second-order valence-corrected chi connectivity index (χ2v) is 7.28. The number of carbonyl (C=O) groups is 2. The Balaban J connectivity index is 1.51. The van der Waals surface area contributed by atoms with Gasteiger partial charge in [-0.1, -0.05) is 32.1 Å². The van der Waals surface area contributed by atoms with Crippen molar-refractivity contribution in [1.82, 2.24) is 0 Å². The van der Waals surface area contributed by atoms with Crippen LogP contribution in [-0.2, 0) is 19.1 Å². The average Bonchev–Trinajstić information content (AvgIpc) is 3.08. The Bertz CT molecular complexity index is 368. The smallest absolute Gasteiger partial charge is 0.306 e. The van der Waals surface area contributed by atoms with E-state index in [-0.39, 0.29) is 18.0 Å². The standard InChI is InChI=1S/C19H32O4/c1-15(17-10-5-6-11-17)23-19(21)13-7-12-18(20)22-14-16-8-3-2-4-9-16/h15-17H,2-14H2,1H3. The third-order valence-corrected chi connectivity index (χ3v) is 5.35. The summed E-state index contributed by atoms with van der Waals surface area (Å²) in [4.78, 5) is 23.5.